The molecule has 30 heavy (non-hydrogen) atoms. The zero-order chi connectivity index (χ0) is 21.1. The lowest BCUT2D eigenvalue weighted by Crippen LogP contribution is -2.04. The van der Waals surface area contributed by atoms with Crippen molar-refractivity contribution in [3.8, 4) is 5.88 Å². The van der Waals surface area contributed by atoms with Crippen LogP contribution in [0.4, 0.5) is 11.4 Å². The molecule has 0 saturated carbocycles. The van der Waals surface area contributed by atoms with Gasteiger partial charge in [0.25, 0.3) is 0 Å². The van der Waals surface area contributed by atoms with Gasteiger partial charge in [0.15, 0.2) is 5.69 Å². The van der Waals surface area contributed by atoms with Crippen molar-refractivity contribution in [2.24, 2.45) is 10.2 Å². The first-order chi connectivity index (χ1) is 14.5. The topological polar surface area (TPSA) is 61.9 Å². The van der Waals surface area contributed by atoms with Crippen LogP contribution in [-0.2, 0) is 6.54 Å². The Hall–Kier alpha value is -3.22. The van der Waals surface area contributed by atoms with Gasteiger partial charge in [-0.1, -0.05) is 60.1 Å². The van der Waals surface area contributed by atoms with Crippen LogP contribution in [0.25, 0.3) is 10.9 Å². The third-order valence-corrected chi connectivity index (χ3v) is 5.27. The molecule has 3 aromatic carbocycles. The lowest BCUT2D eigenvalue weighted by Gasteiger charge is -2.08. The lowest BCUT2D eigenvalue weighted by atomic mass is 10.2. The highest BCUT2D eigenvalue weighted by molar-refractivity contribution is 7.80. The zero-order valence-corrected chi connectivity index (χ0v) is 17.8. The van der Waals surface area contributed by atoms with Gasteiger partial charge in [0.1, 0.15) is 0 Å². The van der Waals surface area contributed by atoms with E-state index in [-0.39, 0.29) is 11.0 Å². The van der Waals surface area contributed by atoms with Crippen LogP contribution >= 0.6 is 23.8 Å². The molecule has 0 atom stereocenters. The largest absolute Gasteiger partial charge is 0.493 e. The molecule has 0 saturated heterocycles. The van der Waals surface area contributed by atoms with E-state index in [1.165, 1.54) is 0 Å². The van der Waals surface area contributed by atoms with Crippen LogP contribution in [0.15, 0.2) is 83.0 Å². The fourth-order valence-electron chi connectivity index (χ4n) is 3.29. The number of nitrogens with one attached hydrogen (secondary N) is 1. The Labute approximate surface area is 184 Å². The number of hydrogen-bond acceptors (Lipinski definition) is 3. The number of anilines is 1. The molecule has 0 radical (unpaired) electrons. The minimum absolute atomic E-state index is 0.0122. The van der Waals surface area contributed by atoms with Crippen LogP contribution in [0.1, 0.15) is 11.1 Å². The molecule has 0 aliphatic rings. The van der Waals surface area contributed by atoms with Gasteiger partial charge in [-0.25, -0.2) is 0 Å². The van der Waals surface area contributed by atoms with Crippen LogP contribution in [0.3, 0.4) is 0 Å². The average Bonchev–Trinajstić information content (AvgIpc) is 2.99. The molecule has 0 spiro atoms. The quantitative estimate of drug-likeness (QED) is 0.273. The van der Waals surface area contributed by atoms with Gasteiger partial charge in [0.05, 0.1) is 12.1 Å². The minimum Gasteiger partial charge on any atom is -0.493 e. The SMILES string of the molecule is Cc1cccc(NC(=S)N=Nc2c(O)n(Cc3ccccc3Cl)c3ccccc23)c1. The molecule has 0 unspecified atom stereocenters. The molecule has 1 heterocycles. The van der Waals surface area contributed by atoms with E-state index in [1.54, 1.807) is 4.57 Å². The summed E-state index contributed by atoms with van der Waals surface area (Å²) >= 11 is 11.6. The third kappa shape index (κ3) is 4.20. The number of azo groups is 1. The van der Waals surface area contributed by atoms with E-state index in [0.717, 1.165) is 27.7 Å². The molecule has 0 fully saturated rings. The zero-order valence-electron chi connectivity index (χ0n) is 16.2. The van der Waals surface area contributed by atoms with Crippen molar-refractivity contribution in [2.75, 3.05) is 5.32 Å². The molecule has 5 nitrogen and oxygen atoms in total. The molecule has 4 rings (SSSR count). The first-order valence-electron chi connectivity index (χ1n) is 9.36. The Morgan fingerprint density at radius 1 is 1.07 bits per heavy atom. The first kappa shape index (κ1) is 20.1. The second-order valence-electron chi connectivity index (χ2n) is 6.87. The number of rotatable bonds is 4. The van der Waals surface area contributed by atoms with Crippen molar-refractivity contribution in [1.29, 1.82) is 0 Å². The highest BCUT2D eigenvalue weighted by atomic mass is 35.5. The monoisotopic (exact) mass is 434 g/mol. The van der Waals surface area contributed by atoms with Crippen LogP contribution in [0.2, 0.25) is 5.02 Å². The molecule has 150 valence electrons. The van der Waals surface area contributed by atoms with E-state index in [9.17, 15) is 5.11 Å². The average molecular weight is 435 g/mol. The highest BCUT2D eigenvalue weighted by Gasteiger charge is 2.17. The van der Waals surface area contributed by atoms with E-state index in [0.29, 0.717) is 17.3 Å². The summed E-state index contributed by atoms with van der Waals surface area (Å²) in [6, 6.07) is 23.0. The van der Waals surface area contributed by atoms with Crippen LogP contribution in [-0.4, -0.2) is 14.8 Å². The number of hydrogen-bond donors (Lipinski definition) is 2. The van der Waals surface area contributed by atoms with Crippen molar-refractivity contribution >= 4 is 51.2 Å². The lowest BCUT2D eigenvalue weighted by molar-refractivity contribution is 0.429. The van der Waals surface area contributed by atoms with Gasteiger partial charge in [-0.05, 0) is 54.5 Å². The predicted octanol–water partition coefficient (Wildman–Crippen LogP) is 6.84. The second-order valence-corrected chi connectivity index (χ2v) is 7.66. The number of benzene rings is 3. The molecule has 0 bridgehead atoms. The van der Waals surface area contributed by atoms with E-state index < -0.39 is 0 Å². The summed E-state index contributed by atoms with van der Waals surface area (Å²) in [6.45, 7) is 2.41. The van der Waals surface area contributed by atoms with Crippen LogP contribution in [0, 0.1) is 6.92 Å². The summed E-state index contributed by atoms with van der Waals surface area (Å²) in [5.41, 5.74) is 4.05. The second kappa shape index (κ2) is 8.65. The van der Waals surface area contributed by atoms with Crippen LogP contribution in [0.5, 0.6) is 5.88 Å². The summed E-state index contributed by atoms with van der Waals surface area (Å²) < 4.78 is 1.77. The predicted molar refractivity (Wildman–Crippen MR) is 126 cm³/mol. The molecule has 4 aromatic rings. The molecule has 2 N–H and O–H groups in total. The van der Waals surface area contributed by atoms with Crippen LogP contribution < -0.4 is 5.32 Å². The van der Waals surface area contributed by atoms with Crippen molar-refractivity contribution < 1.29 is 5.11 Å². The fourth-order valence-corrected chi connectivity index (χ4v) is 3.65. The van der Waals surface area contributed by atoms with Gasteiger partial charge in [0.2, 0.25) is 11.0 Å². The molecule has 7 heteroatoms. The molecule has 0 amide bonds. The Bertz CT molecular complexity index is 1270. The van der Waals surface area contributed by atoms with Crippen molar-refractivity contribution in [2.45, 2.75) is 13.5 Å². The normalized spacial score (nSPS) is 11.3. The summed E-state index contributed by atoms with van der Waals surface area (Å²) in [6.07, 6.45) is 0. The van der Waals surface area contributed by atoms with Gasteiger partial charge in [-0.2, -0.15) is 0 Å². The number of halogens is 1. The molecule has 0 aliphatic carbocycles. The Morgan fingerprint density at radius 3 is 2.63 bits per heavy atom. The number of aromatic nitrogens is 1. The van der Waals surface area contributed by atoms with Crippen molar-refractivity contribution in [3.63, 3.8) is 0 Å². The Kier molecular flexibility index (Phi) is 5.79. The summed E-state index contributed by atoms with van der Waals surface area (Å²) in [7, 11) is 0. The maximum atomic E-state index is 10.9. The maximum absolute atomic E-state index is 10.9. The van der Waals surface area contributed by atoms with Crippen molar-refractivity contribution in [3.05, 3.63) is 88.9 Å². The number of fused-ring (bicyclic) bond motifs is 1. The first-order valence-corrected chi connectivity index (χ1v) is 10.1. The van der Waals surface area contributed by atoms with E-state index >= 15 is 0 Å². The number of aryl methyl sites for hydroxylation is 1. The molecule has 1 aromatic heterocycles. The number of thiocarbonyl (C=S) groups is 1. The minimum atomic E-state index is 0.0122. The molecule has 0 aliphatic heterocycles. The summed E-state index contributed by atoms with van der Waals surface area (Å²) in [5, 5.41) is 23.9. The molecular formula is C23H19ClN4OS. The summed E-state index contributed by atoms with van der Waals surface area (Å²) in [4.78, 5) is 0. The maximum Gasteiger partial charge on any atom is 0.221 e. The number of para-hydroxylation sites is 1. The number of nitrogens with zero attached hydrogens (tertiary/aromatic N) is 3. The summed E-state index contributed by atoms with van der Waals surface area (Å²) in [5.74, 6) is 0.0122. The van der Waals surface area contributed by atoms with Gasteiger partial charge in [0, 0.05) is 16.1 Å². The standard InChI is InChI=1S/C23H19ClN4OS/c1-15-7-6-9-17(13-15)25-23(30)27-26-21-18-10-3-5-12-20(18)28(22(21)29)14-16-8-2-4-11-19(16)24/h2-13,29H,14H2,1H3,(H,25,30). The Morgan fingerprint density at radius 2 is 1.83 bits per heavy atom. The van der Waals surface area contributed by atoms with Gasteiger partial charge < -0.3 is 15.0 Å². The van der Waals surface area contributed by atoms with E-state index in [2.05, 4.69) is 15.5 Å². The van der Waals surface area contributed by atoms with Gasteiger partial charge in [-0.3, -0.25) is 0 Å². The molecular weight excluding hydrogens is 416 g/mol. The van der Waals surface area contributed by atoms with E-state index in [4.69, 9.17) is 23.8 Å². The highest BCUT2D eigenvalue weighted by Crippen LogP contribution is 2.39. The smallest absolute Gasteiger partial charge is 0.221 e. The van der Waals surface area contributed by atoms with Gasteiger partial charge in [-0.15, -0.1) is 10.2 Å². The fraction of sp³-hybridized carbons (Fsp3) is 0.0870. The van der Waals surface area contributed by atoms with Gasteiger partial charge >= 0.3 is 0 Å². The van der Waals surface area contributed by atoms with Crippen molar-refractivity contribution in [1.82, 2.24) is 4.57 Å². The third-order valence-electron chi connectivity index (χ3n) is 4.71. The van der Waals surface area contributed by atoms with E-state index in [1.807, 2.05) is 79.7 Å². The Balaban J connectivity index is 1.66. The number of aromatic hydroxyl groups is 1.